The number of amides is 2. The predicted molar refractivity (Wildman–Crippen MR) is 144 cm³/mol. The molecule has 0 aliphatic heterocycles. The number of carbonyl (C=O) groups is 2. The van der Waals surface area contributed by atoms with Crippen LogP contribution in [0.25, 0.3) is 0 Å². The van der Waals surface area contributed by atoms with Crippen molar-refractivity contribution in [3.8, 4) is 0 Å². The fourth-order valence-corrected chi connectivity index (χ4v) is 4.71. The van der Waals surface area contributed by atoms with Crippen LogP contribution in [0.3, 0.4) is 0 Å². The number of hydrogen-bond donors (Lipinski definition) is 1. The number of rotatable bonds is 9. The van der Waals surface area contributed by atoms with Crippen LogP contribution in [-0.2, 0) is 21.1 Å². The minimum absolute atomic E-state index is 0.0332. The summed E-state index contributed by atoms with van der Waals surface area (Å²) in [5.41, 5.74) is 4.17. The molecule has 0 heterocycles. The van der Waals surface area contributed by atoms with Gasteiger partial charge in [-0.2, -0.15) is 0 Å². The van der Waals surface area contributed by atoms with Gasteiger partial charge in [-0.05, 0) is 65.9 Å². The zero-order valence-electron chi connectivity index (χ0n) is 21.5. The fourth-order valence-electron chi connectivity index (χ4n) is 3.83. The third kappa shape index (κ3) is 6.61. The molecule has 0 aliphatic rings. The Morgan fingerprint density at radius 1 is 0.833 bits per heavy atom. The summed E-state index contributed by atoms with van der Waals surface area (Å²) in [6, 6.07) is 21.4. The molecule has 0 fully saturated rings. The highest BCUT2D eigenvalue weighted by Crippen LogP contribution is 2.24. The van der Waals surface area contributed by atoms with E-state index in [9.17, 15) is 18.0 Å². The Hall–Kier alpha value is -3.45. The van der Waals surface area contributed by atoms with Crippen LogP contribution < -0.4 is 5.32 Å². The summed E-state index contributed by atoms with van der Waals surface area (Å²) < 4.78 is 23.9. The minimum atomic E-state index is -3.27. The predicted octanol–water partition coefficient (Wildman–Crippen LogP) is 5.62. The van der Waals surface area contributed by atoms with Crippen LogP contribution in [-0.4, -0.2) is 37.9 Å². The third-order valence-electron chi connectivity index (χ3n) is 6.43. The van der Waals surface area contributed by atoms with Gasteiger partial charge in [-0.1, -0.05) is 57.2 Å². The highest BCUT2D eigenvalue weighted by atomic mass is 32.2. The molecule has 3 aromatic carbocycles. The zero-order valence-corrected chi connectivity index (χ0v) is 22.3. The van der Waals surface area contributed by atoms with Crippen molar-refractivity contribution >= 4 is 27.3 Å². The molecule has 0 aliphatic carbocycles. The van der Waals surface area contributed by atoms with Gasteiger partial charge in [0.05, 0.1) is 23.1 Å². The monoisotopic (exact) mass is 506 g/mol. The standard InChI is InChI=1S/C29H34N2O4S/c1-6-36(34,35)27-17-7-22(8-18-27)19-28(32)30-26-15-13-25(14-16-26)29(33)31(5)21(4)24-11-9-23(10-12-24)20(2)3/h7-18,20-21H,6,19H2,1-5H3,(H,30,32)/t21-/m1/s1. The maximum Gasteiger partial charge on any atom is 0.254 e. The summed E-state index contributed by atoms with van der Waals surface area (Å²) in [5, 5.41) is 2.82. The quantitative estimate of drug-likeness (QED) is 0.408. The van der Waals surface area contributed by atoms with Gasteiger partial charge in [0.1, 0.15) is 0 Å². The van der Waals surface area contributed by atoms with Gasteiger partial charge in [-0.3, -0.25) is 9.59 Å². The molecule has 3 rings (SSSR count). The number of nitrogens with one attached hydrogen (secondary N) is 1. The third-order valence-corrected chi connectivity index (χ3v) is 8.18. The highest BCUT2D eigenvalue weighted by molar-refractivity contribution is 7.91. The van der Waals surface area contributed by atoms with E-state index in [1.54, 1.807) is 55.3 Å². The number of anilines is 1. The van der Waals surface area contributed by atoms with Crippen LogP contribution in [0.4, 0.5) is 5.69 Å². The molecule has 190 valence electrons. The lowest BCUT2D eigenvalue weighted by atomic mass is 9.99. The second kappa shape index (κ2) is 11.5. The Kier molecular flexibility index (Phi) is 8.69. The first-order valence-corrected chi connectivity index (χ1v) is 13.8. The van der Waals surface area contributed by atoms with Gasteiger partial charge in [0.25, 0.3) is 5.91 Å². The number of nitrogens with zero attached hydrogens (tertiary/aromatic N) is 1. The van der Waals surface area contributed by atoms with Crippen LogP contribution in [0.15, 0.2) is 77.7 Å². The summed E-state index contributed by atoms with van der Waals surface area (Å²) in [4.78, 5) is 27.4. The minimum Gasteiger partial charge on any atom is -0.335 e. The van der Waals surface area contributed by atoms with Crippen molar-refractivity contribution < 1.29 is 18.0 Å². The number of hydrogen-bond acceptors (Lipinski definition) is 4. The lowest BCUT2D eigenvalue weighted by molar-refractivity contribution is -0.115. The molecule has 0 aromatic heterocycles. The van der Waals surface area contributed by atoms with Crippen molar-refractivity contribution in [2.45, 2.75) is 51.0 Å². The summed E-state index contributed by atoms with van der Waals surface area (Å²) in [6.07, 6.45) is 0.114. The van der Waals surface area contributed by atoms with Crippen molar-refractivity contribution in [1.82, 2.24) is 4.90 Å². The van der Waals surface area contributed by atoms with E-state index in [0.29, 0.717) is 22.7 Å². The van der Waals surface area contributed by atoms with E-state index in [1.165, 1.54) is 17.7 Å². The number of sulfone groups is 1. The maximum atomic E-state index is 13.0. The molecular formula is C29H34N2O4S. The van der Waals surface area contributed by atoms with E-state index in [4.69, 9.17) is 0 Å². The molecule has 0 spiro atoms. The summed E-state index contributed by atoms with van der Waals surface area (Å²) >= 11 is 0. The largest absolute Gasteiger partial charge is 0.335 e. The topological polar surface area (TPSA) is 83.5 Å². The second-order valence-electron chi connectivity index (χ2n) is 9.26. The van der Waals surface area contributed by atoms with Gasteiger partial charge >= 0.3 is 0 Å². The SMILES string of the molecule is CCS(=O)(=O)c1ccc(CC(=O)Nc2ccc(C(=O)N(C)[C@H](C)c3ccc(C(C)C)cc3)cc2)cc1. The van der Waals surface area contributed by atoms with Gasteiger partial charge in [0.2, 0.25) is 5.91 Å². The molecule has 7 heteroatoms. The Morgan fingerprint density at radius 3 is 1.92 bits per heavy atom. The molecule has 36 heavy (non-hydrogen) atoms. The Bertz CT molecular complexity index is 1300. The average Bonchev–Trinajstić information content (AvgIpc) is 2.88. The lowest BCUT2D eigenvalue weighted by Gasteiger charge is -2.26. The molecule has 0 bridgehead atoms. The van der Waals surface area contributed by atoms with E-state index < -0.39 is 9.84 Å². The van der Waals surface area contributed by atoms with Crippen LogP contribution in [0.5, 0.6) is 0 Å². The smallest absolute Gasteiger partial charge is 0.254 e. The first-order valence-electron chi connectivity index (χ1n) is 12.1. The van der Waals surface area contributed by atoms with E-state index in [-0.39, 0.29) is 34.9 Å². The Labute approximate surface area is 214 Å². The summed E-state index contributed by atoms with van der Waals surface area (Å²) in [6.45, 7) is 7.90. The summed E-state index contributed by atoms with van der Waals surface area (Å²) in [7, 11) is -1.48. The van der Waals surface area contributed by atoms with E-state index in [1.807, 2.05) is 6.92 Å². The second-order valence-corrected chi connectivity index (χ2v) is 11.5. The van der Waals surface area contributed by atoms with E-state index in [2.05, 4.69) is 43.4 Å². The first kappa shape index (κ1) is 27.1. The van der Waals surface area contributed by atoms with Gasteiger partial charge in [-0.15, -0.1) is 0 Å². The molecule has 0 saturated heterocycles. The van der Waals surface area contributed by atoms with Crippen LogP contribution in [0, 0.1) is 0 Å². The van der Waals surface area contributed by atoms with Gasteiger partial charge in [0.15, 0.2) is 9.84 Å². The number of carbonyl (C=O) groups excluding carboxylic acids is 2. The molecule has 0 unspecified atom stereocenters. The first-order chi connectivity index (χ1) is 17.0. The average molecular weight is 507 g/mol. The van der Waals surface area contributed by atoms with Crippen molar-refractivity contribution in [1.29, 1.82) is 0 Å². The molecular weight excluding hydrogens is 472 g/mol. The van der Waals surface area contributed by atoms with Gasteiger partial charge in [-0.25, -0.2) is 8.42 Å². The van der Waals surface area contributed by atoms with Crippen LogP contribution in [0.1, 0.15) is 66.7 Å². The Balaban J connectivity index is 1.59. The molecule has 1 N–H and O–H groups in total. The summed E-state index contributed by atoms with van der Waals surface area (Å²) in [5.74, 6) is 0.162. The van der Waals surface area contributed by atoms with Crippen molar-refractivity contribution in [2.24, 2.45) is 0 Å². The maximum absolute atomic E-state index is 13.0. The fraction of sp³-hybridized carbons (Fsp3) is 0.310. The van der Waals surface area contributed by atoms with Gasteiger partial charge in [0, 0.05) is 18.3 Å². The van der Waals surface area contributed by atoms with Crippen molar-refractivity contribution in [3.05, 3.63) is 95.1 Å². The molecule has 0 radical (unpaired) electrons. The van der Waals surface area contributed by atoms with Gasteiger partial charge < -0.3 is 10.2 Å². The van der Waals surface area contributed by atoms with Crippen molar-refractivity contribution in [3.63, 3.8) is 0 Å². The molecule has 0 saturated carbocycles. The molecule has 6 nitrogen and oxygen atoms in total. The molecule has 2 amide bonds. The zero-order chi connectivity index (χ0) is 26.5. The van der Waals surface area contributed by atoms with E-state index >= 15 is 0 Å². The van der Waals surface area contributed by atoms with Crippen LogP contribution in [0.2, 0.25) is 0 Å². The number of benzene rings is 3. The van der Waals surface area contributed by atoms with Crippen LogP contribution >= 0.6 is 0 Å². The van der Waals surface area contributed by atoms with E-state index in [0.717, 1.165) is 5.56 Å². The molecule has 3 aromatic rings. The Morgan fingerprint density at radius 2 is 1.39 bits per heavy atom. The normalized spacial score (nSPS) is 12.3. The molecule has 1 atom stereocenters. The highest BCUT2D eigenvalue weighted by Gasteiger charge is 2.19. The lowest BCUT2D eigenvalue weighted by Crippen LogP contribution is -2.29. The van der Waals surface area contributed by atoms with Crippen molar-refractivity contribution in [2.75, 3.05) is 18.1 Å².